The van der Waals surface area contributed by atoms with E-state index in [4.69, 9.17) is 4.74 Å². The molecular formula is C14H22N2O3S. The van der Waals surface area contributed by atoms with Crippen LogP contribution < -0.4 is 10.0 Å². The van der Waals surface area contributed by atoms with Gasteiger partial charge in [-0.05, 0) is 31.0 Å². The minimum absolute atomic E-state index is 0.358. The van der Waals surface area contributed by atoms with Gasteiger partial charge in [0.05, 0.1) is 10.9 Å². The molecule has 0 bridgehead atoms. The van der Waals surface area contributed by atoms with Gasteiger partial charge in [-0.15, -0.1) is 0 Å². The first-order chi connectivity index (χ1) is 9.63. The fourth-order valence-corrected chi connectivity index (χ4v) is 3.74. The summed E-state index contributed by atoms with van der Waals surface area (Å²) in [4.78, 5) is 0. The SMILES string of the molecule is CCNCc1ccccc1NS(=O)(=O)C1CCOCC1. The first-order valence-electron chi connectivity index (χ1n) is 7.01. The van der Waals surface area contributed by atoms with Gasteiger partial charge in [0, 0.05) is 19.8 Å². The number of rotatable bonds is 6. The Bertz CT molecular complexity index is 525. The Morgan fingerprint density at radius 2 is 1.95 bits per heavy atom. The van der Waals surface area contributed by atoms with Crippen molar-refractivity contribution in [1.82, 2.24) is 5.32 Å². The number of ether oxygens (including phenoxy) is 1. The van der Waals surface area contributed by atoms with Crippen molar-refractivity contribution in [1.29, 1.82) is 0 Å². The van der Waals surface area contributed by atoms with E-state index in [1.807, 2.05) is 31.2 Å². The van der Waals surface area contributed by atoms with Gasteiger partial charge in [0.15, 0.2) is 0 Å². The highest BCUT2D eigenvalue weighted by molar-refractivity contribution is 7.93. The average Bonchev–Trinajstić information content (AvgIpc) is 2.47. The minimum Gasteiger partial charge on any atom is -0.381 e. The molecule has 2 N–H and O–H groups in total. The van der Waals surface area contributed by atoms with Gasteiger partial charge in [-0.25, -0.2) is 8.42 Å². The Morgan fingerprint density at radius 3 is 2.65 bits per heavy atom. The zero-order chi connectivity index (χ0) is 14.4. The number of anilines is 1. The predicted octanol–water partition coefficient (Wildman–Crippen LogP) is 1.72. The lowest BCUT2D eigenvalue weighted by Crippen LogP contribution is -2.33. The molecule has 1 aromatic rings. The van der Waals surface area contributed by atoms with Gasteiger partial charge in [0.25, 0.3) is 0 Å². The standard InChI is InChI=1S/C14H22N2O3S/c1-2-15-11-12-5-3-4-6-14(12)16-20(17,18)13-7-9-19-10-8-13/h3-6,13,15-16H,2,7-11H2,1H3. The molecule has 6 heteroatoms. The lowest BCUT2D eigenvalue weighted by molar-refractivity contribution is 0.0984. The molecule has 1 aliphatic heterocycles. The van der Waals surface area contributed by atoms with Crippen LogP contribution in [0.3, 0.4) is 0 Å². The first-order valence-corrected chi connectivity index (χ1v) is 8.56. The fourth-order valence-electron chi connectivity index (χ4n) is 2.26. The number of benzene rings is 1. The van der Waals surface area contributed by atoms with E-state index in [9.17, 15) is 8.42 Å². The number of para-hydroxylation sites is 1. The molecule has 0 atom stereocenters. The zero-order valence-electron chi connectivity index (χ0n) is 11.8. The van der Waals surface area contributed by atoms with Crippen molar-refractivity contribution in [3.8, 4) is 0 Å². The highest BCUT2D eigenvalue weighted by Gasteiger charge is 2.28. The van der Waals surface area contributed by atoms with E-state index in [2.05, 4.69) is 10.0 Å². The summed E-state index contributed by atoms with van der Waals surface area (Å²) in [6, 6.07) is 7.50. The lowest BCUT2D eigenvalue weighted by Gasteiger charge is -2.23. The number of hydrogen-bond donors (Lipinski definition) is 2. The Kier molecular flexibility index (Phi) is 5.39. The molecule has 1 saturated heterocycles. The summed E-state index contributed by atoms with van der Waals surface area (Å²) in [6.07, 6.45) is 1.12. The average molecular weight is 298 g/mol. The molecular weight excluding hydrogens is 276 g/mol. The number of sulfonamides is 1. The van der Waals surface area contributed by atoms with Crippen molar-refractivity contribution in [2.75, 3.05) is 24.5 Å². The number of hydrogen-bond acceptors (Lipinski definition) is 4. The molecule has 0 unspecified atom stereocenters. The quantitative estimate of drug-likeness (QED) is 0.839. The maximum atomic E-state index is 12.4. The van der Waals surface area contributed by atoms with E-state index >= 15 is 0 Å². The third-order valence-corrected chi connectivity index (χ3v) is 5.30. The smallest absolute Gasteiger partial charge is 0.235 e. The van der Waals surface area contributed by atoms with Crippen LogP contribution in [0, 0.1) is 0 Å². The lowest BCUT2D eigenvalue weighted by atomic mass is 10.2. The minimum atomic E-state index is -3.34. The van der Waals surface area contributed by atoms with Gasteiger partial charge in [-0.3, -0.25) is 4.72 Å². The Balaban J connectivity index is 2.11. The highest BCUT2D eigenvalue weighted by Crippen LogP contribution is 2.22. The Labute approximate surface area is 120 Å². The van der Waals surface area contributed by atoms with Crippen molar-refractivity contribution in [2.45, 2.75) is 31.6 Å². The second kappa shape index (κ2) is 7.06. The van der Waals surface area contributed by atoms with Crippen molar-refractivity contribution >= 4 is 15.7 Å². The van der Waals surface area contributed by atoms with Crippen LogP contribution in [-0.4, -0.2) is 33.4 Å². The summed E-state index contributed by atoms with van der Waals surface area (Å²) < 4.78 is 32.7. The molecule has 0 aromatic heterocycles. The summed E-state index contributed by atoms with van der Waals surface area (Å²) in [5.74, 6) is 0. The van der Waals surface area contributed by atoms with E-state index in [0.29, 0.717) is 38.3 Å². The third kappa shape index (κ3) is 3.94. The summed E-state index contributed by atoms with van der Waals surface area (Å²) in [6.45, 7) is 4.56. The van der Waals surface area contributed by atoms with Crippen molar-refractivity contribution in [3.63, 3.8) is 0 Å². The van der Waals surface area contributed by atoms with E-state index in [0.717, 1.165) is 12.1 Å². The number of nitrogens with one attached hydrogen (secondary N) is 2. The van der Waals surface area contributed by atoms with Crippen LogP contribution in [0.1, 0.15) is 25.3 Å². The third-order valence-electron chi connectivity index (χ3n) is 3.44. The maximum Gasteiger partial charge on any atom is 0.235 e. The molecule has 2 rings (SSSR count). The van der Waals surface area contributed by atoms with E-state index < -0.39 is 10.0 Å². The molecule has 20 heavy (non-hydrogen) atoms. The molecule has 0 radical (unpaired) electrons. The van der Waals surface area contributed by atoms with Gasteiger partial charge in [-0.1, -0.05) is 25.1 Å². The predicted molar refractivity (Wildman–Crippen MR) is 80.2 cm³/mol. The van der Waals surface area contributed by atoms with Gasteiger partial charge in [-0.2, -0.15) is 0 Å². The molecule has 112 valence electrons. The first kappa shape index (κ1) is 15.3. The summed E-state index contributed by atoms with van der Waals surface area (Å²) in [5.41, 5.74) is 1.63. The summed E-state index contributed by atoms with van der Waals surface area (Å²) in [7, 11) is -3.34. The van der Waals surface area contributed by atoms with E-state index in [1.54, 1.807) is 0 Å². The van der Waals surface area contributed by atoms with Crippen LogP contribution in [-0.2, 0) is 21.3 Å². The van der Waals surface area contributed by atoms with E-state index in [-0.39, 0.29) is 5.25 Å². The van der Waals surface area contributed by atoms with Crippen molar-refractivity contribution in [2.24, 2.45) is 0 Å². The highest BCUT2D eigenvalue weighted by atomic mass is 32.2. The fraction of sp³-hybridized carbons (Fsp3) is 0.571. The molecule has 0 amide bonds. The monoisotopic (exact) mass is 298 g/mol. The molecule has 5 nitrogen and oxygen atoms in total. The maximum absolute atomic E-state index is 12.4. The van der Waals surface area contributed by atoms with Gasteiger partial charge in [0.2, 0.25) is 10.0 Å². The molecule has 1 aliphatic rings. The van der Waals surface area contributed by atoms with Gasteiger partial charge in [0.1, 0.15) is 0 Å². The van der Waals surface area contributed by atoms with Crippen LogP contribution in [0.4, 0.5) is 5.69 Å². The topological polar surface area (TPSA) is 67.4 Å². The van der Waals surface area contributed by atoms with Crippen LogP contribution >= 0.6 is 0 Å². The zero-order valence-corrected chi connectivity index (χ0v) is 12.6. The van der Waals surface area contributed by atoms with Crippen molar-refractivity contribution < 1.29 is 13.2 Å². The largest absolute Gasteiger partial charge is 0.381 e. The van der Waals surface area contributed by atoms with Gasteiger partial charge < -0.3 is 10.1 Å². The molecule has 1 aromatic carbocycles. The van der Waals surface area contributed by atoms with Crippen LogP contribution in [0.5, 0.6) is 0 Å². The molecule has 0 aliphatic carbocycles. The molecule has 1 fully saturated rings. The van der Waals surface area contributed by atoms with Gasteiger partial charge >= 0.3 is 0 Å². The molecule has 0 spiro atoms. The van der Waals surface area contributed by atoms with Crippen molar-refractivity contribution in [3.05, 3.63) is 29.8 Å². The van der Waals surface area contributed by atoms with Crippen LogP contribution in [0.15, 0.2) is 24.3 Å². The van der Waals surface area contributed by atoms with E-state index in [1.165, 1.54) is 0 Å². The Hall–Kier alpha value is -1.11. The van der Waals surface area contributed by atoms with Crippen LogP contribution in [0.25, 0.3) is 0 Å². The second-order valence-electron chi connectivity index (χ2n) is 4.90. The second-order valence-corrected chi connectivity index (χ2v) is 6.86. The molecule has 0 saturated carbocycles. The summed E-state index contributed by atoms with van der Waals surface area (Å²) in [5, 5.41) is 2.86. The Morgan fingerprint density at radius 1 is 1.25 bits per heavy atom. The van der Waals surface area contributed by atoms with Crippen LogP contribution in [0.2, 0.25) is 0 Å². The normalized spacial score (nSPS) is 17.1. The summed E-state index contributed by atoms with van der Waals surface area (Å²) >= 11 is 0. The molecule has 1 heterocycles.